The monoisotopic (exact) mass is 289 g/mol. The Balaban J connectivity index is 1.97. The molecule has 0 aromatic carbocycles. The van der Waals surface area contributed by atoms with Crippen LogP contribution in [0.5, 0.6) is 0 Å². The van der Waals surface area contributed by atoms with Crippen LogP contribution in [0.2, 0.25) is 0 Å². The van der Waals surface area contributed by atoms with Crippen molar-refractivity contribution >= 4 is 11.6 Å². The SMILES string of the molecule is CCCN(CCC)C(=O)c1ccc(NC2CCCC2)cn1. The summed E-state index contributed by atoms with van der Waals surface area (Å²) in [6.45, 7) is 5.79. The van der Waals surface area contributed by atoms with Crippen LogP contribution in [0.15, 0.2) is 18.3 Å². The highest BCUT2D eigenvalue weighted by molar-refractivity contribution is 5.92. The molecule has 0 saturated heterocycles. The van der Waals surface area contributed by atoms with Crippen molar-refractivity contribution < 1.29 is 4.79 Å². The predicted molar refractivity (Wildman–Crippen MR) is 86.6 cm³/mol. The van der Waals surface area contributed by atoms with Crippen molar-refractivity contribution in [3.63, 3.8) is 0 Å². The van der Waals surface area contributed by atoms with E-state index >= 15 is 0 Å². The molecule has 4 nitrogen and oxygen atoms in total. The van der Waals surface area contributed by atoms with E-state index in [1.54, 1.807) is 6.20 Å². The molecule has 1 aromatic heterocycles. The van der Waals surface area contributed by atoms with Crippen molar-refractivity contribution in [3.05, 3.63) is 24.0 Å². The molecule has 2 rings (SSSR count). The van der Waals surface area contributed by atoms with Crippen molar-refractivity contribution in [1.82, 2.24) is 9.88 Å². The van der Waals surface area contributed by atoms with Gasteiger partial charge in [0.15, 0.2) is 0 Å². The first-order valence-corrected chi connectivity index (χ1v) is 8.26. The number of carbonyl (C=O) groups excluding carboxylic acids is 1. The maximum atomic E-state index is 12.4. The lowest BCUT2D eigenvalue weighted by Crippen LogP contribution is -2.33. The Bertz CT molecular complexity index is 432. The maximum absolute atomic E-state index is 12.4. The third-order valence-electron chi connectivity index (χ3n) is 3.98. The van der Waals surface area contributed by atoms with Gasteiger partial charge < -0.3 is 10.2 Å². The van der Waals surface area contributed by atoms with E-state index in [-0.39, 0.29) is 5.91 Å². The van der Waals surface area contributed by atoms with Gasteiger partial charge in [0, 0.05) is 19.1 Å². The number of amides is 1. The van der Waals surface area contributed by atoms with Gasteiger partial charge in [0.2, 0.25) is 0 Å². The number of hydrogen-bond acceptors (Lipinski definition) is 3. The van der Waals surface area contributed by atoms with E-state index in [2.05, 4.69) is 24.1 Å². The molecular formula is C17H27N3O. The molecule has 0 bridgehead atoms. The summed E-state index contributed by atoms with van der Waals surface area (Å²) < 4.78 is 0. The molecule has 0 radical (unpaired) electrons. The minimum Gasteiger partial charge on any atom is -0.381 e. The van der Waals surface area contributed by atoms with Crippen LogP contribution in [-0.4, -0.2) is 34.9 Å². The molecule has 1 heterocycles. The average Bonchev–Trinajstić information content (AvgIpc) is 3.00. The van der Waals surface area contributed by atoms with Crippen LogP contribution in [0.25, 0.3) is 0 Å². The minimum absolute atomic E-state index is 0.0473. The largest absolute Gasteiger partial charge is 0.381 e. The Morgan fingerprint density at radius 3 is 2.43 bits per heavy atom. The van der Waals surface area contributed by atoms with Gasteiger partial charge >= 0.3 is 0 Å². The molecule has 0 aliphatic heterocycles. The lowest BCUT2D eigenvalue weighted by Gasteiger charge is -2.21. The third kappa shape index (κ3) is 4.45. The van der Waals surface area contributed by atoms with Crippen LogP contribution in [0.1, 0.15) is 62.9 Å². The Morgan fingerprint density at radius 1 is 1.24 bits per heavy atom. The van der Waals surface area contributed by atoms with Crippen molar-refractivity contribution in [2.45, 2.75) is 58.4 Å². The van der Waals surface area contributed by atoms with E-state index in [4.69, 9.17) is 0 Å². The molecule has 0 atom stereocenters. The van der Waals surface area contributed by atoms with E-state index in [9.17, 15) is 4.79 Å². The summed E-state index contributed by atoms with van der Waals surface area (Å²) >= 11 is 0. The number of pyridine rings is 1. The Labute approximate surface area is 127 Å². The first-order valence-electron chi connectivity index (χ1n) is 8.26. The maximum Gasteiger partial charge on any atom is 0.272 e. The molecule has 1 saturated carbocycles. The van der Waals surface area contributed by atoms with Gasteiger partial charge in [-0.3, -0.25) is 4.79 Å². The number of rotatable bonds is 7. The Hall–Kier alpha value is -1.58. The van der Waals surface area contributed by atoms with Crippen molar-refractivity contribution in [2.75, 3.05) is 18.4 Å². The second-order valence-corrected chi connectivity index (χ2v) is 5.85. The van der Waals surface area contributed by atoms with Gasteiger partial charge in [-0.2, -0.15) is 0 Å². The van der Waals surface area contributed by atoms with E-state index in [1.807, 2.05) is 17.0 Å². The summed E-state index contributed by atoms with van der Waals surface area (Å²) in [6.07, 6.45) is 8.85. The van der Waals surface area contributed by atoms with Gasteiger partial charge in [-0.25, -0.2) is 4.98 Å². The molecule has 1 aliphatic rings. The van der Waals surface area contributed by atoms with Crippen LogP contribution in [0, 0.1) is 0 Å². The zero-order valence-electron chi connectivity index (χ0n) is 13.3. The van der Waals surface area contributed by atoms with Gasteiger partial charge in [-0.15, -0.1) is 0 Å². The molecule has 1 aliphatic carbocycles. The lowest BCUT2D eigenvalue weighted by atomic mass is 10.2. The summed E-state index contributed by atoms with van der Waals surface area (Å²) in [4.78, 5) is 18.7. The molecule has 0 spiro atoms. The van der Waals surface area contributed by atoms with E-state index < -0.39 is 0 Å². The number of nitrogens with zero attached hydrogens (tertiary/aromatic N) is 2. The zero-order valence-corrected chi connectivity index (χ0v) is 13.3. The molecule has 4 heteroatoms. The summed E-state index contributed by atoms with van der Waals surface area (Å²) in [5, 5.41) is 3.50. The summed E-state index contributed by atoms with van der Waals surface area (Å²) in [6, 6.07) is 4.40. The second-order valence-electron chi connectivity index (χ2n) is 5.85. The molecule has 1 N–H and O–H groups in total. The number of aromatic nitrogens is 1. The Morgan fingerprint density at radius 2 is 1.90 bits per heavy atom. The van der Waals surface area contributed by atoms with Crippen LogP contribution in [-0.2, 0) is 0 Å². The van der Waals surface area contributed by atoms with Gasteiger partial charge in [0.25, 0.3) is 5.91 Å². The highest BCUT2D eigenvalue weighted by atomic mass is 16.2. The van der Waals surface area contributed by atoms with Gasteiger partial charge in [-0.1, -0.05) is 26.7 Å². The molecule has 21 heavy (non-hydrogen) atoms. The number of hydrogen-bond donors (Lipinski definition) is 1. The third-order valence-corrected chi connectivity index (χ3v) is 3.98. The highest BCUT2D eigenvalue weighted by Crippen LogP contribution is 2.22. The van der Waals surface area contributed by atoms with Gasteiger partial charge in [0.05, 0.1) is 11.9 Å². The number of nitrogens with one attached hydrogen (secondary N) is 1. The average molecular weight is 289 g/mol. The van der Waals surface area contributed by atoms with Crippen LogP contribution >= 0.6 is 0 Å². The van der Waals surface area contributed by atoms with E-state index in [1.165, 1.54) is 25.7 Å². The fourth-order valence-electron chi connectivity index (χ4n) is 2.93. The number of anilines is 1. The topological polar surface area (TPSA) is 45.2 Å². The molecule has 1 aromatic rings. The van der Waals surface area contributed by atoms with Crippen molar-refractivity contribution in [2.24, 2.45) is 0 Å². The normalized spacial score (nSPS) is 15.1. The Kier molecular flexibility index (Phi) is 6.03. The van der Waals surface area contributed by atoms with E-state index in [0.29, 0.717) is 11.7 Å². The smallest absolute Gasteiger partial charge is 0.272 e. The summed E-state index contributed by atoms with van der Waals surface area (Å²) in [7, 11) is 0. The second kappa shape index (κ2) is 8.01. The van der Waals surface area contributed by atoms with Gasteiger partial charge in [0.1, 0.15) is 5.69 Å². The molecule has 1 amide bonds. The summed E-state index contributed by atoms with van der Waals surface area (Å²) in [5.74, 6) is 0.0473. The van der Waals surface area contributed by atoms with Crippen LogP contribution in [0.3, 0.4) is 0 Å². The van der Waals surface area contributed by atoms with Crippen molar-refractivity contribution in [3.8, 4) is 0 Å². The van der Waals surface area contributed by atoms with Crippen LogP contribution in [0.4, 0.5) is 5.69 Å². The highest BCUT2D eigenvalue weighted by Gasteiger charge is 2.17. The van der Waals surface area contributed by atoms with Gasteiger partial charge in [-0.05, 0) is 37.8 Å². The standard InChI is InChI=1S/C17H27N3O/c1-3-11-20(12-4-2)17(21)16-10-9-15(13-18-16)19-14-7-5-6-8-14/h9-10,13-14,19H,3-8,11-12H2,1-2H3. The molecule has 0 unspecified atom stereocenters. The summed E-state index contributed by atoms with van der Waals surface area (Å²) in [5.41, 5.74) is 1.57. The molecule has 1 fully saturated rings. The van der Waals surface area contributed by atoms with Crippen molar-refractivity contribution in [1.29, 1.82) is 0 Å². The first-order chi connectivity index (χ1) is 10.2. The minimum atomic E-state index is 0.0473. The molecular weight excluding hydrogens is 262 g/mol. The fourth-order valence-corrected chi connectivity index (χ4v) is 2.93. The molecule has 116 valence electrons. The first kappa shape index (κ1) is 15.8. The predicted octanol–water partition coefficient (Wildman–Crippen LogP) is 3.70. The zero-order chi connectivity index (χ0) is 15.1. The van der Waals surface area contributed by atoms with E-state index in [0.717, 1.165) is 31.6 Å². The van der Waals surface area contributed by atoms with Crippen LogP contribution < -0.4 is 5.32 Å². The number of carbonyl (C=O) groups is 1. The lowest BCUT2D eigenvalue weighted by molar-refractivity contribution is 0.0749. The quantitative estimate of drug-likeness (QED) is 0.832. The fraction of sp³-hybridized carbons (Fsp3) is 0.647.